The van der Waals surface area contributed by atoms with Crippen LogP contribution in [0.25, 0.3) is 0 Å². The van der Waals surface area contributed by atoms with Gasteiger partial charge in [-0.2, -0.15) is 0 Å². The van der Waals surface area contributed by atoms with Gasteiger partial charge in [0, 0.05) is 25.2 Å². The van der Waals surface area contributed by atoms with E-state index >= 15 is 0 Å². The maximum absolute atomic E-state index is 12.3. The summed E-state index contributed by atoms with van der Waals surface area (Å²) in [6.45, 7) is 5.89. The number of carbonyl (C=O) groups excluding carboxylic acids is 1. The summed E-state index contributed by atoms with van der Waals surface area (Å²) < 4.78 is 5.16. The molecule has 2 rings (SSSR count). The summed E-state index contributed by atoms with van der Waals surface area (Å²) in [7, 11) is 2.05. The van der Waals surface area contributed by atoms with E-state index in [2.05, 4.69) is 31.1 Å². The summed E-state index contributed by atoms with van der Waals surface area (Å²) in [5.74, 6) is -1.57. The molecule has 0 saturated carbocycles. The van der Waals surface area contributed by atoms with Gasteiger partial charge >= 0.3 is 12.0 Å². The van der Waals surface area contributed by atoms with Crippen LogP contribution in [0.15, 0.2) is 0 Å². The first-order valence-corrected chi connectivity index (χ1v) is 6.98. The Bertz CT molecular complexity index is 378. The van der Waals surface area contributed by atoms with Crippen LogP contribution in [0.3, 0.4) is 0 Å². The van der Waals surface area contributed by atoms with Gasteiger partial charge in [0.15, 0.2) is 0 Å². The molecule has 4 unspecified atom stereocenters. The summed E-state index contributed by atoms with van der Waals surface area (Å²) in [4.78, 5) is 27.3. The molecule has 2 fully saturated rings. The van der Waals surface area contributed by atoms with Gasteiger partial charge in [0.2, 0.25) is 0 Å². The molecular formula is C13H23N3O4. The standard InChI is InChI=1S/C13H23N3O4/c1-8-4-16(5-9(2)15(8)3)13(19)14-11-7-20-6-10(11)12(17)18/h8-11H,4-7H2,1-3H3,(H,14,19)(H,17,18). The second-order valence-electron chi connectivity index (χ2n) is 5.81. The maximum atomic E-state index is 12.3. The molecule has 0 aromatic rings. The number of carboxylic acid groups (broad SMARTS) is 1. The Morgan fingerprint density at radius 3 is 2.35 bits per heavy atom. The average Bonchev–Trinajstić information content (AvgIpc) is 2.83. The molecule has 114 valence electrons. The van der Waals surface area contributed by atoms with Gasteiger partial charge in [0.05, 0.1) is 19.3 Å². The Balaban J connectivity index is 1.93. The Morgan fingerprint density at radius 2 is 1.80 bits per heavy atom. The Morgan fingerprint density at radius 1 is 1.20 bits per heavy atom. The van der Waals surface area contributed by atoms with Gasteiger partial charge in [0.25, 0.3) is 0 Å². The van der Waals surface area contributed by atoms with Crippen LogP contribution in [0.2, 0.25) is 0 Å². The zero-order chi connectivity index (χ0) is 14.9. The smallest absolute Gasteiger partial charge is 0.317 e. The van der Waals surface area contributed by atoms with Crippen molar-refractivity contribution in [3.8, 4) is 0 Å². The largest absolute Gasteiger partial charge is 0.481 e. The van der Waals surface area contributed by atoms with Crippen molar-refractivity contribution in [2.75, 3.05) is 33.4 Å². The molecule has 20 heavy (non-hydrogen) atoms. The van der Waals surface area contributed by atoms with E-state index in [1.54, 1.807) is 4.90 Å². The molecular weight excluding hydrogens is 262 g/mol. The third-order valence-corrected chi connectivity index (χ3v) is 4.35. The fourth-order valence-electron chi connectivity index (χ4n) is 2.76. The highest BCUT2D eigenvalue weighted by atomic mass is 16.5. The van der Waals surface area contributed by atoms with E-state index in [0.29, 0.717) is 25.2 Å². The van der Waals surface area contributed by atoms with Crippen molar-refractivity contribution in [2.45, 2.75) is 32.0 Å². The van der Waals surface area contributed by atoms with Crippen LogP contribution in [-0.4, -0.2) is 78.4 Å². The molecule has 2 saturated heterocycles. The molecule has 0 aliphatic carbocycles. The molecule has 2 aliphatic heterocycles. The second-order valence-corrected chi connectivity index (χ2v) is 5.81. The number of hydrogen-bond donors (Lipinski definition) is 2. The lowest BCUT2D eigenvalue weighted by atomic mass is 10.0. The van der Waals surface area contributed by atoms with E-state index in [1.807, 2.05) is 0 Å². The number of carbonyl (C=O) groups is 2. The number of urea groups is 1. The zero-order valence-corrected chi connectivity index (χ0v) is 12.2. The highest BCUT2D eigenvalue weighted by Crippen LogP contribution is 2.16. The number of amides is 2. The number of aliphatic carboxylic acids is 1. The van der Waals surface area contributed by atoms with Crippen molar-refractivity contribution >= 4 is 12.0 Å². The van der Waals surface area contributed by atoms with E-state index in [4.69, 9.17) is 9.84 Å². The fraction of sp³-hybridized carbons (Fsp3) is 0.846. The second kappa shape index (κ2) is 5.97. The summed E-state index contributed by atoms with van der Waals surface area (Å²) in [5.41, 5.74) is 0. The van der Waals surface area contributed by atoms with Gasteiger partial charge in [-0.25, -0.2) is 4.79 Å². The van der Waals surface area contributed by atoms with Gasteiger partial charge in [-0.1, -0.05) is 0 Å². The molecule has 0 spiro atoms. The van der Waals surface area contributed by atoms with Crippen molar-refractivity contribution in [3.63, 3.8) is 0 Å². The molecule has 2 heterocycles. The molecule has 0 aromatic carbocycles. The number of ether oxygens (including phenoxy) is 1. The summed E-state index contributed by atoms with van der Waals surface area (Å²) in [5, 5.41) is 11.9. The van der Waals surface area contributed by atoms with Crippen LogP contribution in [-0.2, 0) is 9.53 Å². The van der Waals surface area contributed by atoms with Gasteiger partial charge in [-0.3, -0.25) is 9.69 Å². The van der Waals surface area contributed by atoms with Crippen molar-refractivity contribution in [3.05, 3.63) is 0 Å². The Labute approximate surface area is 118 Å². The Kier molecular flexibility index (Phi) is 4.49. The van der Waals surface area contributed by atoms with E-state index in [0.717, 1.165) is 0 Å². The first-order valence-electron chi connectivity index (χ1n) is 6.98. The molecule has 0 bridgehead atoms. The number of rotatable bonds is 2. The van der Waals surface area contributed by atoms with Crippen molar-refractivity contribution < 1.29 is 19.4 Å². The minimum Gasteiger partial charge on any atom is -0.481 e. The van der Waals surface area contributed by atoms with E-state index in [-0.39, 0.29) is 19.2 Å². The van der Waals surface area contributed by atoms with Gasteiger partial charge in [0.1, 0.15) is 5.92 Å². The lowest BCUT2D eigenvalue weighted by molar-refractivity contribution is -0.142. The van der Waals surface area contributed by atoms with Crippen LogP contribution in [0, 0.1) is 5.92 Å². The molecule has 4 atom stereocenters. The SMILES string of the molecule is CC1CN(C(=O)NC2COCC2C(=O)O)CC(C)N1C. The lowest BCUT2D eigenvalue weighted by Gasteiger charge is -2.42. The van der Waals surface area contributed by atoms with Crippen LogP contribution >= 0.6 is 0 Å². The predicted octanol–water partition coefficient (Wildman–Crippen LogP) is -0.180. The van der Waals surface area contributed by atoms with Crippen molar-refractivity contribution in [1.82, 2.24) is 15.1 Å². The van der Waals surface area contributed by atoms with Gasteiger partial charge in [-0.05, 0) is 20.9 Å². The number of likely N-dealkylation sites (N-methyl/N-ethyl adjacent to an activating group) is 1. The number of carboxylic acids is 1. The van der Waals surface area contributed by atoms with Crippen LogP contribution in [0.1, 0.15) is 13.8 Å². The topological polar surface area (TPSA) is 82.1 Å². The molecule has 0 aromatic heterocycles. The molecule has 0 radical (unpaired) electrons. The fourth-order valence-corrected chi connectivity index (χ4v) is 2.76. The van der Waals surface area contributed by atoms with Crippen LogP contribution in [0.5, 0.6) is 0 Å². The first kappa shape index (κ1) is 15.1. The first-order chi connectivity index (χ1) is 9.40. The average molecular weight is 285 g/mol. The number of piperazine rings is 1. The minimum atomic E-state index is -0.923. The summed E-state index contributed by atoms with van der Waals surface area (Å²) in [6.07, 6.45) is 0. The summed E-state index contributed by atoms with van der Waals surface area (Å²) in [6, 6.07) is -0.0528. The third kappa shape index (κ3) is 3.04. The summed E-state index contributed by atoms with van der Waals surface area (Å²) >= 11 is 0. The molecule has 2 amide bonds. The molecule has 7 nitrogen and oxygen atoms in total. The third-order valence-electron chi connectivity index (χ3n) is 4.35. The predicted molar refractivity (Wildman–Crippen MR) is 72.5 cm³/mol. The molecule has 7 heteroatoms. The van der Waals surface area contributed by atoms with Crippen LogP contribution < -0.4 is 5.32 Å². The normalized spacial score (nSPS) is 35.0. The number of nitrogens with one attached hydrogen (secondary N) is 1. The van der Waals surface area contributed by atoms with E-state index < -0.39 is 17.9 Å². The van der Waals surface area contributed by atoms with Gasteiger partial charge in [-0.15, -0.1) is 0 Å². The van der Waals surface area contributed by atoms with E-state index in [1.165, 1.54) is 0 Å². The number of hydrogen-bond acceptors (Lipinski definition) is 4. The highest BCUT2D eigenvalue weighted by Gasteiger charge is 2.37. The van der Waals surface area contributed by atoms with Gasteiger partial charge < -0.3 is 20.1 Å². The lowest BCUT2D eigenvalue weighted by Crippen LogP contribution is -2.59. The van der Waals surface area contributed by atoms with E-state index in [9.17, 15) is 9.59 Å². The van der Waals surface area contributed by atoms with Crippen molar-refractivity contribution in [1.29, 1.82) is 0 Å². The maximum Gasteiger partial charge on any atom is 0.317 e. The van der Waals surface area contributed by atoms with Crippen molar-refractivity contribution in [2.24, 2.45) is 5.92 Å². The molecule has 2 N–H and O–H groups in total. The highest BCUT2D eigenvalue weighted by molar-refractivity contribution is 5.77. The zero-order valence-electron chi connectivity index (χ0n) is 12.2. The Hall–Kier alpha value is -1.34. The minimum absolute atomic E-state index is 0.163. The quantitative estimate of drug-likeness (QED) is 0.735. The molecule has 2 aliphatic rings. The number of nitrogens with zero attached hydrogens (tertiary/aromatic N) is 2. The monoisotopic (exact) mass is 285 g/mol. The van der Waals surface area contributed by atoms with Crippen LogP contribution in [0.4, 0.5) is 4.79 Å².